The van der Waals surface area contributed by atoms with Crippen molar-refractivity contribution in [1.82, 2.24) is 0 Å². The molecule has 0 aromatic rings. The maximum absolute atomic E-state index is 10.5. The number of rotatable bonds is 3. The van der Waals surface area contributed by atoms with Crippen molar-refractivity contribution in [3.05, 3.63) is 0 Å². The smallest absolute Gasteiger partial charge is 1.00 e. The van der Waals surface area contributed by atoms with E-state index in [1.54, 1.807) is 6.92 Å². The van der Waals surface area contributed by atoms with E-state index in [9.17, 15) is 9.90 Å². The molecule has 0 radical (unpaired) electrons. The van der Waals surface area contributed by atoms with Gasteiger partial charge < -0.3 is 14.6 Å². The van der Waals surface area contributed by atoms with Crippen molar-refractivity contribution in [2.75, 3.05) is 26.9 Å². The monoisotopic (exact) mass is 487 g/mol. The molecule has 1 aliphatic rings. The summed E-state index contributed by atoms with van der Waals surface area (Å²) in [5, 5.41) is 9.95. The van der Waals surface area contributed by atoms with Gasteiger partial charge >= 0.3 is 74.3 Å². The van der Waals surface area contributed by atoms with E-state index in [0.29, 0.717) is 15.9 Å². The Balaban J connectivity index is -0.000000199. The molecule has 1 saturated heterocycles. The molecule has 0 amide bonds. The standard InChI is InChI=1S/C6H11O3.C2H4O.2HI.Li.V/c1-5(3-4-7)6(8)9-2;1-2-3-1;;;;/h5H,3-4H2,1-2H3;1-2H2;2*1H;;/q-1;;;;+1;+2/p-2. The van der Waals surface area contributed by atoms with Crippen LogP contribution < -0.4 is 24.0 Å². The summed E-state index contributed by atoms with van der Waals surface area (Å²) >= 11 is 4.74. The van der Waals surface area contributed by atoms with Crippen LogP contribution in [0.3, 0.4) is 0 Å². The molecule has 4 nitrogen and oxygen atoms in total. The molecule has 1 aliphatic heterocycles. The summed E-state index contributed by atoms with van der Waals surface area (Å²) in [5.41, 5.74) is 0. The molecule has 0 aliphatic carbocycles. The number of ether oxygens (including phenoxy) is 2. The molecule has 1 heterocycles. The van der Waals surface area contributed by atoms with Gasteiger partial charge in [0.25, 0.3) is 0 Å². The topological polar surface area (TPSA) is 61.9 Å². The molecule has 1 fully saturated rings. The Bertz CT molecular complexity index is 149. The number of carbonyl (C=O) groups is 1. The van der Waals surface area contributed by atoms with E-state index < -0.39 is 0 Å². The molecule has 91 valence electrons. The minimum atomic E-state index is -0.300. The molecular weight excluding hydrogens is 472 g/mol. The zero-order valence-electron chi connectivity index (χ0n) is 9.74. The Labute approximate surface area is 138 Å². The van der Waals surface area contributed by atoms with Gasteiger partial charge in [-0.05, 0) is 0 Å². The first-order valence-electron chi connectivity index (χ1n) is 4.29. The quantitative estimate of drug-likeness (QED) is 0.207. The fourth-order valence-corrected chi connectivity index (χ4v) is 0.496. The summed E-state index contributed by atoms with van der Waals surface area (Å²) < 4.78 is 8.89. The number of halogens is 2. The van der Waals surface area contributed by atoms with Crippen molar-refractivity contribution < 1.29 is 47.7 Å². The maximum Gasteiger partial charge on any atom is 1.00 e. The molecule has 8 heteroatoms. The van der Waals surface area contributed by atoms with Crippen molar-refractivity contribution >= 4 is 45.9 Å². The Hall–Kier alpha value is 2.03. The number of carbonyl (C=O) groups excluding carboxylic acids is 1. The van der Waals surface area contributed by atoms with Crippen LogP contribution in [-0.4, -0.2) is 32.9 Å². The van der Waals surface area contributed by atoms with Crippen LogP contribution >= 0.6 is 40.0 Å². The molecule has 1 rings (SSSR count). The average Bonchev–Trinajstić information content (AvgIpc) is 3.05. The Morgan fingerprint density at radius 1 is 1.56 bits per heavy atom. The first kappa shape index (κ1) is 23.1. The number of esters is 1. The van der Waals surface area contributed by atoms with Crippen LogP contribution in [-0.2, 0) is 23.7 Å². The summed E-state index contributed by atoms with van der Waals surface area (Å²) in [6.45, 7) is 3.47. The second-order valence-electron chi connectivity index (χ2n) is 2.59. The normalized spacial score (nSPS) is 12.6. The largest absolute Gasteiger partial charge is 1.00 e. The SMILES string of the molecule is C1CO1.COC(=O)C(C)CC[O-].[I][V][I].[Li+]. The molecule has 1 atom stereocenters. The van der Waals surface area contributed by atoms with Gasteiger partial charge in [-0.1, -0.05) is 13.3 Å². The molecule has 0 N–H and O–H groups in total. The van der Waals surface area contributed by atoms with Gasteiger partial charge in [-0.2, -0.15) is 0 Å². The van der Waals surface area contributed by atoms with Gasteiger partial charge in [0.05, 0.1) is 26.2 Å². The fourth-order valence-electron chi connectivity index (χ4n) is 0.496. The minimum absolute atomic E-state index is 0. The number of methoxy groups -OCH3 is 1. The van der Waals surface area contributed by atoms with E-state index in [4.69, 9.17) is 0 Å². The predicted molar refractivity (Wildman–Crippen MR) is 69.5 cm³/mol. The second kappa shape index (κ2) is 19.4. The van der Waals surface area contributed by atoms with Gasteiger partial charge in [0.1, 0.15) is 0 Å². The van der Waals surface area contributed by atoms with E-state index >= 15 is 0 Å². The van der Waals surface area contributed by atoms with E-state index in [2.05, 4.69) is 49.4 Å². The van der Waals surface area contributed by atoms with Gasteiger partial charge in [-0.3, -0.25) is 4.79 Å². The maximum atomic E-state index is 10.5. The van der Waals surface area contributed by atoms with Crippen LogP contribution in [0.1, 0.15) is 13.3 Å². The van der Waals surface area contributed by atoms with Gasteiger partial charge in [-0.15, -0.1) is 6.61 Å². The molecule has 0 aromatic heterocycles. The van der Waals surface area contributed by atoms with Crippen LogP contribution in [0.2, 0.25) is 0 Å². The zero-order chi connectivity index (χ0) is 12.1. The molecule has 0 saturated carbocycles. The number of hydrogen-bond acceptors (Lipinski definition) is 4. The summed E-state index contributed by atoms with van der Waals surface area (Å²) in [4.78, 5) is 10.5. The molecular formula is C8H15I2LiO4V. The average molecular weight is 487 g/mol. The van der Waals surface area contributed by atoms with Crippen molar-refractivity contribution in [2.45, 2.75) is 13.3 Å². The van der Waals surface area contributed by atoms with Crippen LogP contribution in [0.4, 0.5) is 0 Å². The Morgan fingerprint density at radius 2 is 1.94 bits per heavy atom. The van der Waals surface area contributed by atoms with Crippen molar-refractivity contribution in [2.24, 2.45) is 5.92 Å². The molecule has 0 spiro atoms. The summed E-state index contributed by atoms with van der Waals surface area (Å²) in [6, 6.07) is 0. The van der Waals surface area contributed by atoms with Gasteiger partial charge in [0, 0.05) is 0 Å². The van der Waals surface area contributed by atoms with Crippen molar-refractivity contribution in [1.29, 1.82) is 0 Å². The molecule has 0 bridgehead atoms. The van der Waals surface area contributed by atoms with E-state index in [1.807, 2.05) is 0 Å². The van der Waals surface area contributed by atoms with Gasteiger partial charge in [0.2, 0.25) is 0 Å². The van der Waals surface area contributed by atoms with Gasteiger partial charge in [-0.25, -0.2) is 0 Å². The van der Waals surface area contributed by atoms with Crippen molar-refractivity contribution in [3.8, 4) is 0 Å². The van der Waals surface area contributed by atoms with Crippen LogP contribution in [0.25, 0.3) is 0 Å². The van der Waals surface area contributed by atoms with E-state index in [0.717, 1.165) is 13.2 Å². The van der Waals surface area contributed by atoms with E-state index in [-0.39, 0.29) is 37.4 Å². The Morgan fingerprint density at radius 3 is 2.12 bits per heavy atom. The molecule has 16 heavy (non-hydrogen) atoms. The number of hydrogen-bond donors (Lipinski definition) is 0. The summed E-state index contributed by atoms with van der Waals surface area (Å²) in [6.07, 6.45) is 0.368. The summed E-state index contributed by atoms with van der Waals surface area (Å²) in [5.74, 6) is -0.543. The zero-order valence-corrected chi connectivity index (χ0v) is 15.5. The molecule has 0 aromatic carbocycles. The third-order valence-electron chi connectivity index (χ3n) is 1.36. The summed E-state index contributed by atoms with van der Waals surface area (Å²) in [7, 11) is 1.95. The van der Waals surface area contributed by atoms with Crippen LogP contribution in [0.5, 0.6) is 0 Å². The van der Waals surface area contributed by atoms with Crippen LogP contribution in [0, 0.1) is 5.92 Å². The van der Waals surface area contributed by atoms with Crippen molar-refractivity contribution in [3.63, 3.8) is 0 Å². The third kappa shape index (κ3) is 25.0. The second-order valence-corrected chi connectivity index (χ2v) is 14.4. The van der Waals surface area contributed by atoms with Gasteiger partial charge in [0.15, 0.2) is 0 Å². The third-order valence-corrected chi connectivity index (χ3v) is 1.36. The molecule has 1 unspecified atom stereocenters. The number of epoxide rings is 1. The first-order valence-corrected chi connectivity index (χ1v) is 13.3. The predicted octanol–water partition coefficient (Wildman–Crippen LogP) is -1.66. The van der Waals surface area contributed by atoms with E-state index in [1.165, 1.54) is 7.11 Å². The first-order chi connectivity index (χ1) is 7.13. The minimum Gasteiger partial charge on any atom is 1.00 e. The fraction of sp³-hybridized carbons (Fsp3) is 0.875. The van der Waals surface area contributed by atoms with Crippen LogP contribution in [0.15, 0.2) is 0 Å². The Kier molecular flexibility index (Phi) is 28.0.